The first kappa shape index (κ1) is 14.9. The molecule has 4 fully saturated rings. The molecule has 3 heteroatoms. The lowest BCUT2D eigenvalue weighted by Gasteiger charge is -2.58. The maximum atomic E-state index is 13.0. The zero-order chi connectivity index (χ0) is 15.7. The van der Waals surface area contributed by atoms with Crippen LogP contribution in [0, 0.1) is 34.5 Å². The van der Waals surface area contributed by atoms with Crippen molar-refractivity contribution in [1.29, 1.82) is 0 Å². The van der Waals surface area contributed by atoms with Gasteiger partial charge in [-0.15, -0.1) is 0 Å². The van der Waals surface area contributed by atoms with Gasteiger partial charge >= 0.3 is 0 Å². The van der Waals surface area contributed by atoms with E-state index in [2.05, 4.69) is 13.8 Å². The van der Waals surface area contributed by atoms with Gasteiger partial charge in [0.2, 0.25) is 0 Å². The van der Waals surface area contributed by atoms with Crippen LogP contribution in [0.25, 0.3) is 0 Å². The predicted molar refractivity (Wildman–Crippen MR) is 83.1 cm³/mol. The zero-order valence-electron chi connectivity index (χ0n) is 13.8. The molecule has 3 nitrogen and oxygen atoms in total. The van der Waals surface area contributed by atoms with Gasteiger partial charge in [0.25, 0.3) is 0 Å². The van der Waals surface area contributed by atoms with Gasteiger partial charge in [0.05, 0.1) is 6.10 Å². The van der Waals surface area contributed by atoms with Gasteiger partial charge in [0.1, 0.15) is 11.6 Å². The summed E-state index contributed by atoms with van der Waals surface area (Å²) in [5, 5.41) is 10.0. The summed E-state index contributed by atoms with van der Waals surface area (Å²) in [5.74, 6) is 2.14. The Morgan fingerprint density at radius 2 is 1.86 bits per heavy atom. The Kier molecular flexibility index (Phi) is 3.15. The highest BCUT2D eigenvalue weighted by atomic mass is 16.3. The maximum absolute atomic E-state index is 13.0. The Morgan fingerprint density at radius 1 is 1.09 bits per heavy atom. The molecule has 4 rings (SSSR count). The van der Waals surface area contributed by atoms with Gasteiger partial charge < -0.3 is 5.11 Å². The van der Waals surface area contributed by atoms with Gasteiger partial charge in [-0.25, -0.2) is 0 Å². The van der Waals surface area contributed by atoms with Crippen molar-refractivity contribution in [3.63, 3.8) is 0 Å². The van der Waals surface area contributed by atoms with Crippen LogP contribution in [0.5, 0.6) is 0 Å². The molecule has 0 saturated heterocycles. The van der Waals surface area contributed by atoms with Crippen LogP contribution in [0.4, 0.5) is 0 Å². The van der Waals surface area contributed by atoms with Crippen LogP contribution in [-0.4, -0.2) is 22.8 Å². The van der Waals surface area contributed by atoms with Crippen molar-refractivity contribution in [2.75, 3.05) is 0 Å². The third-order valence-corrected chi connectivity index (χ3v) is 8.04. The fraction of sp³-hybridized carbons (Fsp3) is 0.895. The van der Waals surface area contributed by atoms with Gasteiger partial charge in [0, 0.05) is 24.2 Å². The summed E-state index contributed by atoms with van der Waals surface area (Å²) in [6.45, 7) is 4.36. The number of aliphatic hydroxyl groups excluding tert-OH is 1. The highest BCUT2D eigenvalue weighted by Crippen LogP contribution is 2.64. The summed E-state index contributed by atoms with van der Waals surface area (Å²) in [6, 6.07) is 0. The van der Waals surface area contributed by atoms with Crippen molar-refractivity contribution >= 4 is 11.6 Å². The highest BCUT2D eigenvalue weighted by Gasteiger charge is 2.63. The summed E-state index contributed by atoms with van der Waals surface area (Å²) >= 11 is 0. The van der Waals surface area contributed by atoms with Crippen LogP contribution in [0.2, 0.25) is 0 Å². The number of carbonyl (C=O) groups is 2. The molecule has 0 aliphatic heterocycles. The number of aliphatic hydroxyl groups is 1. The van der Waals surface area contributed by atoms with Crippen molar-refractivity contribution in [3.8, 4) is 0 Å². The van der Waals surface area contributed by atoms with E-state index in [1.54, 1.807) is 0 Å². The lowest BCUT2D eigenvalue weighted by atomic mass is 9.45. The van der Waals surface area contributed by atoms with E-state index in [1.807, 2.05) is 0 Å². The third-order valence-electron chi connectivity index (χ3n) is 8.04. The lowest BCUT2D eigenvalue weighted by Crippen LogP contribution is -2.57. The lowest BCUT2D eigenvalue weighted by molar-refractivity contribution is -0.162. The molecule has 0 spiro atoms. The average Bonchev–Trinajstić information content (AvgIpc) is 2.75. The molecular weight excluding hydrogens is 276 g/mol. The minimum absolute atomic E-state index is 0.0617. The molecule has 2 unspecified atom stereocenters. The number of hydrogen-bond donors (Lipinski definition) is 1. The number of ketones is 2. The van der Waals surface area contributed by atoms with Gasteiger partial charge in [-0.3, -0.25) is 9.59 Å². The quantitative estimate of drug-likeness (QED) is 0.748. The fourth-order valence-electron chi connectivity index (χ4n) is 6.83. The second kappa shape index (κ2) is 4.66. The number of rotatable bonds is 0. The van der Waals surface area contributed by atoms with Crippen molar-refractivity contribution in [1.82, 2.24) is 0 Å². The summed E-state index contributed by atoms with van der Waals surface area (Å²) in [7, 11) is 0. The van der Waals surface area contributed by atoms with Crippen LogP contribution in [0.1, 0.15) is 65.2 Å². The molecule has 1 N–H and O–H groups in total. The van der Waals surface area contributed by atoms with Crippen LogP contribution in [-0.2, 0) is 9.59 Å². The van der Waals surface area contributed by atoms with Crippen LogP contribution in [0.3, 0.4) is 0 Å². The Labute approximate surface area is 132 Å². The van der Waals surface area contributed by atoms with E-state index in [4.69, 9.17) is 0 Å². The molecule has 22 heavy (non-hydrogen) atoms. The van der Waals surface area contributed by atoms with Gasteiger partial charge in [-0.05, 0) is 61.7 Å². The van der Waals surface area contributed by atoms with Crippen molar-refractivity contribution in [2.24, 2.45) is 34.5 Å². The van der Waals surface area contributed by atoms with Crippen molar-refractivity contribution in [3.05, 3.63) is 0 Å². The molecule has 0 aromatic heterocycles. The molecule has 0 aromatic carbocycles. The SMILES string of the molecule is C[C@]12CCC(O)CC1CC[C@@H]1[C@@H]2C(=O)C[C@]2(C)C(=O)CC[C@@H]12. The van der Waals surface area contributed by atoms with Crippen molar-refractivity contribution in [2.45, 2.75) is 71.3 Å². The molecule has 0 radical (unpaired) electrons. The summed E-state index contributed by atoms with van der Waals surface area (Å²) in [4.78, 5) is 25.4. The molecule has 4 aliphatic rings. The molecule has 4 aliphatic carbocycles. The van der Waals surface area contributed by atoms with E-state index in [-0.39, 0.29) is 22.9 Å². The monoisotopic (exact) mass is 304 g/mol. The van der Waals surface area contributed by atoms with E-state index >= 15 is 0 Å². The van der Waals surface area contributed by atoms with E-state index in [0.29, 0.717) is 42.2 Å². The molecule has 0 aromatic rings. The summed E-state index contributed by atoms with van der Waals surface area (Å²) < 4.78 is 0. The molecule has 0 amide bonds. The zero-order valence-corrected chi connectivity index (χ0v) is 13.8. The first-order chi connectivity index (χ1) is 10.4. The topological polar surface area (TPSA) is 54.4 Å². The number of hydrogen-bond acceptors (Lipinski definition) is 3. The number of Topliss-reactive ketones (excluding diaryl/α,β-unsaturated/α-hetero) is 2. The standard InChI is InChI=1S/C19H28O3/c1-18-8-7-12(20)9-11(18)3-4-13-14-5-6-16(22)19(14,2)10-15(21)17(13)18/h11-14,17,20H,3-10H2,1-2H3/t11?,12?,13-,14-,17+,18-,19-/m0/s1. The van der Waals surface area contributed by atoms with E-state index < -0.39 is 0 Å². The Hall–Kier alpha value is -0.700. The first-order valence-electron chi connectivity index (χ1n) is 9.10. The van der Waals surface area contributed by atoms with Crippen LogP contribution >= 0.6 is 0 Å². The minimum Gasteiger partial charge on any atom is -0.393 e. The average molecular weight is 304 g/mol. The fourth-order valence-corrected chi connectivity index (χ4v) is 6.83. The summed E-state index contributed by atoms with van der Waals surface area (Å²) in [5.41, 5.74) is -0.304. The Bertz CT molecular complexity index is 527. The van der Waals surface area contributed by atoms with E-state index in [1.165, 1.54) is 0 Å². The Balaban J connectivity index is 1.71. The van der Waals surface area contributed by atoms with Crippen LogP contribution < -0.4 is 0 Å². The normalized spacial score (nSPS) is 54.6. The Morgan fingerprint density at radius 3 is 2.64 bits per heavy atom. The van der Waals surface area contributed by atoms with E-state index in [0.717, 1.165) is 38.5 Å². The smallest absolute Gasteiger partial charge is 0.139 e. The highest BCUT2D eigenvalue weighted by molar-refractivity contribution is 5.95. The second-order valence-electron chi connectivity index (χ2n) is 8.98. The summed E-state index contributed by atoms with van der Waals surface area (Å²) in [6.07, 6.45) is 6.86. The number of fused-ring (bicyclic) bond motifs is 5. The third kappa shape index (κ3) is 1.78. The first-order valence-corrected chi connectivity index (χ1v) is 9.10. The maximum Gasteiger partial charge on any atom is 0.139 e. The van der Waals surface area contributed by atoms with Gasteiger partial charge in [-0.2, -0.15) is 0 Å². The van der Waals surface area contributed by atoms with Crippen molar-refractivity contribution < 1.29 is 14.7 Å². The molecule has 0 bridgehead atoms. The largest absolute Gasteiger partial charge is 0.393 e. The molecule has 122 valence electrons. The molecule has 0 heterocycles. The van der Waals surface area contributed by atoms with E-state index in [9.17, 15) is 14.7 Å². The number of carbonyl (C=O) groups excluding carboxylic acids is 2. The van der Waals surface area contributed by atoms with Gasteiger partial charge in [-0.1, -0.05) is 13.8 Å². The second-order valence-corrected chi connectivity index (χ2v) is 8.98. The molecule has 7 atom stereocenters. The minimum atomic E-state index is -0.365. The predicted octanol–water partition coefficient (Wildman–Crippen LogP) is 3.14. The molecular formula is C19H28O3. The molecule has 4 saturated carbocycles. The van der Waals surface area contributed by atoms with Crippen LogP contribution in [0.15, 0.2) is 0 Å². The van der Waals surface area contributed by atoms with Gasteiger partial charge in [0.15, 0.2) is 0 Å².